The molecule has 0 aromatic carbocycles. The van der Waals surface area contributed by atoms with E-state index in [1.165, 1.54) is 0 Å². The average Bonchev–Trinajstić information content (AvgIpc) is 2.64. The number of rotatable bonds is 3. The Bertz CT molecular complexity index is 436. The minimum Gasteiger partial charge on any atom is -0.396 e. The van der Waals surface area contributed by atoms with Crippen LogP contribution in [0.15, 0.2) is 23.0 Å². The highest BCUT2D eigenvalue weighted by Crippen LogP contribution is 2.05. The lowest BCUT2D eigenvalue weighted by Crippen LogP contribution is -2.03. The Hall–Kier alpha value is -2.11. The fraction of sp³-hybridized carbons (Fsp3) is 0.222. The normalized spacial score (nSPS) is 10.2. The van der Waals surface area contributed by atoms with Crippen LogP contribution in [0.1, 0.15) is 11.5 Å². The van der Waals surface area contributed by atoms with Crippen molar-refractivity contribution in [2.75, 3.05) is 11.1 Å². The summed E-state index contributed by atoms with van der Waals surface area (Å²) in [5.41, 5.74) is 6.85. The van der Waals surface area contributed by atoms with Crippen LogP contribution in [0.2, 0.25) is 0 Å². The van der Waals surface area contributed by atoms with Gasteiger partial charge < -0.3 is 15.6 Å². The number of aromatic nitrogens is 3. The molecule has 0 amide bonds. The van der Waals surface area contributed by atoms with E-state index >= 15 is 0 Å². The molecule has 2 aromatic heterocycles. The van der Waals surface area contributed by atoms with Crippen molar-refractivity contribution >= 4 is 11.6 Å². The van der Waals surface area contributed by atoms with Crippen molar-refractivity contribution in [3.05, 3.63) is 29.9 Å². The van der Waals surface area contributed by atoms with Crippen LogP contribution in [0.25, 0.3) is 0 Å². The molecular formula is C9H11N5O. The van der Waals surface area contributed by atoms with E-state index < -0.39 is 0 Å². The molecule has 6 nitrogen and oxygen atoms in total. The average molecular weight is 205 g/mol. The van der Waals surface area contributed by atoms with Gasteiger partial charge in [-0.25, -0.2) is 9.97 Å². The Morgan fingerprint density at radius 2 is 2.13 bits per heavy atom. The number of nitrogen functional groups attached to an aromatic ring is 1. The molecule has 0 aliphatic carbocycles. The van der Waals surface area contributed by atoms with E-state index in [0.29, 0.717) is 18.2 Å². The molecule has 15 heavy (non-hydrogen) atoms. The van der Waals surface area contributed by atoms with Gasteiger partial charge in [0.15, 0.2) is 5.76 Å². The number of nitrogens with zero attached hydrogens (tertiary/aromatic N) is 3. The van der Waals surface area contributed by atoms with Gasteiger partial charge in [0, 0.05) is 6.07 Å². The maximum atomic E-state index is 5.46. The van der Waals surface area contributed by atoms with Gasteiger partial charge in [0.05, 0.1) is 30.3 Å². The van der Waals surface area contributed by atoms with Crippen LogP contribution in [0.4, 0.5) is 11.6 Å². The number of nitrogens with one attached hydrogen (secondary N) is 1. The van der Waals surface area contributed by atoms with Crippen LogP contribution in [0.5, 0.6) is 0 Å². The Kier molecular flexibility index (Phi) is 2.49. The molecule has 2 heterocycles. The van der Waals surface area contributed by atoms with Gasteiger partial charge in [0.25, 0.3) is 0 Å². The predicted molar refractivity (Wildman–Crippen MR) is 55.0 cm³/mol. The molecule has 0 saturated carbocycles. The summed E-state index contributed by atoms with van der Waals surface area (Å²) in [6.07, 6.45) is 3.09. The highest BCUT2D eigenvalue weighted by Gasteiger charge is 2.01. The van der Waals surface area contributed by atoms with Crippen LogP contribution in [0, 0.1) is 6.92 Å². The molecule has 0 aliphatic rings. The first-order valence-electron chi connectivity index (χ1n) is 4.47. The third-order valence-electron chi connectivity index (χ3n) is 1.77. The highest BCUT2D eigenvalue weighted by molar-refractivity contribution is 5.35. The van der Waals surface area contributed by atoms with Crippen molar-refractivity contribution in [3.63, 3.8) is 0 Å². The number of nitrogens with two attached hydrogens (primary N) is 1. The Labute approximate surface area is 86.5 Å². The maximum Gasteiger partial charge on any atom is 0.223 e. The zero-order chi connectivity index (χ0) is 10.7. The fourth-order valence-corrected chi connectivity index (χ4v) is 1.10. The molecule has 2 aromatic rings. The molecule has 78 valence electrons. The summed E-state index contributed by atoms with van der Waals surface area (Å²) in [6, 6.07) is 1.85. The van der Waals surface area contributed by atoms with Crippen molar-refractivity contribution in [2.45, 2.75) is 13.5 Å². The summed E-state index contributed by atoms with van der Waals surface area (Å²) in [5, 5.41) is 6.76. The molecule has 2 rings (SSSR count). The first-order valence-corrected chi connectivity index (χ1v) is 4.47. The van der Waals surface area contributed by atoms with Crippen LogP contribution < -0.4 is 11.1 Å². The van der Waals surface area contributed by atoms with Crippen LogP contribution in [-0.4, -0.2) is 15.1 Å². The molecule has 0 spiro atoms. The van der Waals surface area contributed by atoms with Crippen molar-refractivity contribution < 1.29 is 4.52 Å². The lowest BCUT2D eigenvalue weighted by Gasteiger charge is -2.00. The summed E-state index contributed by atoms with van der Waals surface area (Å²) in [6.45, 7) is 2.37. The first-order chi connectivity index (χ1) is 7.24. The van der Waals surface area contributed by atoms with Gasteiger partial charge in [0.1, 0.15) is 0 Å². The molecule has 0 atom stereocenters. The summed E-state index contributed by atoms with van der Waals surface area (Å²) in [5.74, 6) is 1.26. The number of aryl methyl sites for hydroxylation is 1. The molecule has 6 heteroatoms. The molecule has 0 saturated heterocycles. The molecule has 3 N–H and O–H groups in total. The number of hydrogen-bond donors (Lipinski definition) is 2. The van der Waals surface area contributed by atoms with Gasteiger partial charge in [-0.1, -0.05) is 5.16 Å². The van der Waals surface area contributed by atoms with Gasteiger partial charge in [-0.15, -0.1) is 0 Å². The van der Waals surface area contributed by atoms with E-state index in [4.69, 9.17) is 10.3 Å². The predicted octanol–water partition coefficient (Wildman–Crippen LogP) is 0.967. The van der Waals surface area contributed by atoms with Crippen LogP contribution in [0.3, 0.4) is 0 Å². The smallest absolute Gasteiger partial charge is 0.223 e. The number of hydrogen-bond acceptors (Lipinski definition) is 6. The van der Waals surface area contributed by atoms with E-state index in [2.05, 4.69) is 20.4 Å². The third-order valence-corrected chi connectivity index (χ3v) is 1.77. The van der Waals surface area contributed by atoms with Gasteiger partial charge in [-0.3, -0.25) is 0 Å². The summed E-state index contributed by atoms with van der Waals surface area (Å²) in [4.78, 5) is 7.98. The zero-order valence-corrected chi connectivity index (χ0v) is 8.27. The Morgan fingerprint density at radius 3 is 2.73 bits per heavy atom. The van der Waals surface area contributed by atoms with Gasteiger partial charge in [0.2, 0.25) is 5.95 Å². The van der Waals surface area contributed by atoms with Crippen LogP contribution >= 0.6 is 0 Å². The standard InChI is InChI=1S/C9H11N5O/c1-6-2-8(15-14-6)5-13-9-11-3-7(10)4-12-9/h2-4H,5,10H2,1H3,(H,11,12,13). The van der Waals surface area contributed by atoms with E-state index in [0.717, 1.165) is 11.5 Å². The summed E-state index contributed by atoms with van der Waals surface area (Å²) in [7, 11) is 0. The highest BCUT2D eigenvalue weighted by atomic mass is 16.5. The monoisotopic (exact) mass is 205 g/mol. The Morgan fingerprint density at radius 1 is 1.40 bits per heavy atom. The van der Waals surface area contributed by atoms with E-state index in [9.17, 15) is 0 Å². The molecule has 0 bridgehead atoms. The topological polar surface area (TPSA) is 89.9 Å². The molecular weight excluding hydrogens is 194 g/mol. The molecule has 0 fully saturated rings. The van der Waals surface area contributed by atoms with Gasteiger partial charge in [-0.05, 0) is 6.92 Å². The van der Waals surface area contributed by atoms with E-state index in [1.54, 1.807) is 12.4 Å². The number of anilines is 2. The minimum atomic E-state index is 0.505. The second kappa shape index (κ2) is 3.95. The van der Waals surface area contributed by atoms with Crippen molar-refractivity contribution in [3.8, 4) is 0 Å². The molecule has 0 aliphatic heterocycles. The van der Waals surface area contributed by atoms with Crippen LogP contribution in [-0.2, 0) is 6.54 Å². The maximum absolute atomic E-state index is 5.46. The van der Waals surface area contributed by atoms with Crippen molar-refractivity contribution in [1.82, 2.24) is 15.1 Å². The van der Waals surface area contributed by atoms with E-state index in [1.807, 2.05) is 13.0 Å². The largest absolute Gasteiger partial charge is 0.396 e. The third kappa shape index (κ3) is 2.43. The zero-order valence-electron chi connectivity index (χ0n) is 8.27. The first kappa shape index (κ1) is 9.45. The summed E-state index contributed by atoms with van der Waals surface area (Å²) >= 11 is 0. The lowest BCUT2D eigenvalue weighted by atomic mass is 10.4. The molecule has 0 radical (unpaired) electrons. The van der Waals surface area contributed by atoms with Gasteiger partial charge >= 0.3 is 0 Å². The molecule has 0 unspecified atom stereocenters. The second-order valence-electron chi connectivity index (χ2n) is 3.13. The minimum absolute atomic E-state index is 0.505. The van der Waals surface area contributed by atoms with Crippen molar-refractivity contribution in [1.29, 1.82) is 0 Å². The quantitative estimate of drug-likeness (QED) is 0.775. The second-order valence-corrected chi connectivity index (χ2v) is 3.13. The van der Waals surface area contributed by atoms with E-state index in [-0.39, 0.29) is 0 Å². The fourth-order valence-electron chi connectivity index (χ4n) is 1.10. The Balaban J connectivity index is 1.96. The SMILES string of the molecule is Cc1cc(CNc2ncc(N)cn2)on1. The van der Waals surface area contributed by atoms with Crippen molar-refractivity contribution in [2.24, 2.45) is 0 Å². The summed E-state index contributed by atoms with van der Waals surface area (Å²) < 4.78 is 5.02. The van der Waals surface area contributed by atoms with Gasteiger partial charge in [-0.2, -0.15) is 0 Å². The lowest BCUT2D eigenvalue weighted by molar-refractivity contribution is 0.384.